The minimum atomic E-state index is 0.760. The van der Waals surface area contributed by atoms with Crippen LogP contribution >= 0.6 is 0 Å². The Kier molecular flexibility index (Phi) is 3.34. The molecule has 0 bridgehead atoms. The third-order valence-corrected chi connectivity index (χ3v) is 2.78. The summed E-state index contributed by atoms with van der Waals surface area (Å²) in [4.78, 5) is 2.33. The van der Waals surface area contributed by atoms with Crippen molar-refractivity contribution in [1.29, 1.82) is 0 Å². The molecule has 0 spiro atoms. The fraction of sp³-hybridized carbons (Fsp3) is 1.00. The topological polar surface area (TPSA) is 15.3 Å². The summed E-state index contributed by atoms with van der Waals surface area (Å²) in [5.41, 5.74) is 0. The van der Waals surface area contributed by atoms with Crippen LogP contribution in [0.2, 0.25) is 0 Å². The molecule has 66 valence electrons. The van der Waals surface area contributed by atoms with Gasteiger partial charge in [0.2, 0.25) is 0 Å². The van der Waals surface area contributed by atoms with Crippen LogP contribution in [0, 0.1) is 5.92 Å². The molecule has 2 unspecified atom stereocenters. The van der Waals surface area contributed by atoms with Gasteiger partial charge in [-0.15, -0.1) is 0 Å². The van der Waals surface area contributed by atoms with E-state index >= 15 is 0 Å². The molecule has 1 heterocycles. The second-order valence-corrected chi connectivity index (χ2v) is 3.72. The van der Waals surface area contributed by atoms with E-state index in [1.165, 1.54) is 19.4 Å². The third kappa shape index (κ3) is 2.46. The van der Waals surface area contributed by atoms with Gasteiger partial charge in [-0.3, -0.25) is 4.90 Å². The molecule has 0 radical (unpaired) electrons. The van der Waals surface area contributed by atoms with Crippen molar-refractivity contribution in [2.75, 3.05) is 20.3 Å². The summed E-state index contributed by atoms with van der Waals surface area (Å²) in [6.07, 6.45) is 2.60. The number of rotatable bonds is 2. The van der Waals surface area contributed by atoms with E-state index in [1.807, 2.05) is 0 Å². The normalized spacial score (nSPS) is 30.3. The Bertz CT molecular complexity index is 106. The highest BCUT2D eigenvalue weighted by atomic mass is 15.2. The molecule has 1 aliphatic heterocycles. The van der Waals surface area contributed by atoms with E-state index in [2.05, 4.69) is 31.1 Å². The Morgan fingerprint density at radius 3 is 2.82 bits per heavy atom. The lowest BCUT2D eigenvalue weighted by molar-refractivity contribution is 0.185. The zero-order valence-corrected chi connectivity index (χ0v) is 7.93. The SMILES string of the molecule is CCC(C)C1CCN(C)CN1. The van der Waals surface area contributed by atoms with Gasteiger partial charge in [0.25, 0.3) is 0 Å². The Labute approximate surface area is 70.0 Å². The fourth-order valence-corrected chi connectivity index (χ4v) is 1.58. The molecule has 1 fully saturated rings. The molecule has 2 nitrogen and oxygen atoms in total. The van der Waals surface area contributed by atoms with Crippen LogP contribution in [-0.4, -0.2) is 31.2 Å². The molecule has 2 atom stereocenters. The quantitative estimate of drug-likeness (QED) is 0.648. The summed E-state index contributed by atoms with van der Waals surface area (Å²) >= 11 is 0. The van der Waals surface area contributed by atoms with Crippen LogP contribution in [0.15, 0.2) is 0 Å². The maximum atomic E-state index is 3.55. The molecule has 0 aromatic rings. The molecule has 11 heavy (non-hydrogen) atoms. The second kappa shape index (κ2) is 4.07. The molecule has 0 aliphatic carbocycles. The predicted molar refractivity (Wildman–Crippen MR) is 48.5 cm³/mol. The Balaban J connectivity index is 2.27. The van der Waals surface area contributed by atoms with Crippen molar-refractivity contribution in [2.24, 2.45) is 5.92 Å². The van der Waals surface area contributed by atoms with Crippen molar-refractivity contribution >= 4 is 0 Å². The van der Waals surface area contributed by atoms with E-state index in [4.69, 9.17) is 0 Å². The van der Waals surface area contributed by atoms with Gasteiger partial charge in [-0.25, -0.2) is 0 Å². The molecular formula is C9H20N2. The summed E-state index contributed by atoms with van der Waals surface area (Å²) in [5, 5.41) is 3.55. The minimum Gasteiger partial charge on any atom is -0.301 e. The third-order valence-electron chi connectivity index (χ3n) is 2.78. The van der Waals surface area contributed by atoms with Gasteiger partial charge in [-0.2, -0.15) is 0 Å². The number of nitrogens with one attached hydrogen (secondary N) is 1. The van der Waals surface area contributed by atoms with Crippen LogP contribution in [0.4, 0.5) is 0 Å². The van der Waals surface area contributed by atoms with E-state index < -0.39 is 0 Å². The first-order valence-corrected chi connectivity index (χ1v) is 4.66. The van der Waals surface area contributed by atoms with Crippen molar-refractivity contribution in [2.45, 2.75) is 32.7 Å². The molecule has 0 saturated carbocycles. The van der Waals surface area contributed by atoms with Gasteiger partial charge < -0.3 is 5.32 Å². The average Bonchev–Trinajstić information content (AvgIpc) is 2.05. The highest BCUT2D eigenvalue weighted by molar-refractivity contribution is 4.77. The van der Waals surface area contributed by atoms with Gasteiger partial charge in [0, 0.05) is 19.3 Å². The van der Waals surface area contributed by atoms with Gasteiger partial charge in [-0.05, 0) is 19.4 Å². The van der Waals surface area contributed by atoms with E-state index in [0.717, 1.165) is 18.6 Å². The number of nitrogens with zero attached hydrogens (tertiary/aromatic N) is 1. The van der Waals surface area contributed by atoms with Crippen LogP contribution in [0.1, 0.15) is 26.7 Å². The van der Waals surface area contributed by atoms with Crippen molar-refractivity contribution in [3.8, 4) is 0 Å². The lowest BCUT2D eigenvalue weighted by atomic mass is 9.95. The van der Waals surface area contributed by atoms with Gasteiger partial charge in [0.05, 0.1) is 0 Å². The van der Waals surface area contributed by atoms with Crippen molar-refractivity contribution in [3.05, 3.63) is 0 Å². The zero-order valence-electron chi connectivity index (χ0n) is 7.93. The van der Waals surface area contributed by atoms with Crippen LogP contribution < -0.4 is 5.32 Å². The van der Waals surface area contributed by atoms with E-state index in [9.17, 15) is 0 Å². The smallest absolute Gasteiger partial charge is 0.0479 e. The highest BCUT2D eigenvalue weighted by Crippen LogP contribution is 2.13. The number of hydrogen-bond acceptors (Lipinski definition) is 2. The molecule has 0 aromatic heterocycles. The average molecular weight is 156 g/mol. The van der Waals surface area contributed by atoms with Crippen LogP contribution in [0.3, 0.4) is 0 Å². The van der Waals surface area contributed by atoms with Gasteiger partial charge in [-0.1, -0.05) is 20.3 Å². The molecule has 0 amide bonds. The molecule has 0 aromatic carbocycles. The largest absolute Gasteiger partial charge is 0.301 e. The van der Waals surface area contributed by atoms with E-state index in [1.54, 1.807) is 0 Å². The van der Waals surface area contributed by atoms with Crippen LogP contribution in [0.25, 0.3) is 0 Å². The molecule has 2 heteroatoms. The first-order valence-electron chi connectivity index (χ1n) is 4.66. The molecule has 1 saturated heterocycles. The highest BCUT2D eigenvalue weighted by Gasteiger charge is 2.19. The first kappa shape index (κ1) is 9.01. The summed E-state index contributed by atoms with van der Waals surface area (Å²) in [6.45, 7) is 6.92. The summed E-state index contributed by atoms with van der Waals surface area (Å²) in [5.74, 6) is 0.837. The van der Waals surface area contributed by atoms with Crippen LogP contribution in [0.5, 0.6) is 0 Å². The van der Waals surface area contributed by atoms with Crippen molar-refractivity contribution in [3.63, 3.8) is 0 Å². The Morgan fingerprint density at radius 2 is 2.36 bits per heavy atom. The Morgan fingerprint density at radius 1 is 1.64 bits per heavy atom. The van der Waals surface area contributed by atoms with E-state index in [0.29, 0.717) is 0 Å². The molecule has 1 rings (SSSR count). The standard InChI is InChI=1S/C9H20N2/c1-4-8(2)9-5-6-11(3)7-10-9/h8-10H,4-7H2,1-3H3. The fourth-order valence-electron chi connectivity index (χ4n) is 1.58. The first-order chi connectivity index (χ1) is 5.24. The number of hydrogen-bond donors (Lipinski definition) is 1. The van der Waals surface area contributed by atoms with Crippen LogP contribution in [-0.2, 0) is 0 Å². The Hall–Kier alpha value is -0.0800. The molecular weight excluding hydrogens is 136 g/mol. The second-order valence-electron chi connectivity index (χ2n) is 3.72. The summed E-state index contributed by atoms with van der Waals surface area (Å²) < 4.78 is 0. The maximum Gasteiger partial charge on any atom is 0.0479 e. The zero-order chi connectivity index (χ0) is 8.27. The molecule has 1 N–H and O–H groups in total. The van der Waals surface area contributed by atoms with Gasteiger partial charge in [0.15, 0.2) is 0 Å². The van der Waals surface area contributed by atoms with Gasteiger partial charge >= 0.3 is 0 Å². The minimum absolute atomic E-state index is 0.760. The van der Waals surface area contributed by atoms with Crippen molar-refractivity contribution in [1.82, 2.24) is 10.2 Å². The molecule has 1 aliphatic rings. The maximum absolute atomic E-state index is 3.55. The predicted octanol–water partition coefficient (Wildman–Crippen LogP) is 1.28. The summed E-state index contributed by atoms with van der Waals surface area (Å²) in [7, 11) is 2.17. The summed E-state index contributed by atoms with van der Waals surface area (Å²) in [6, 6.07) is 0.760. The monoisotopic (exact) mass is 156 g/mol. The van der Waals surface area contributed by atoms with E-state index in [-0.39, 0.29) is 0 Å². The lowest BCUT2D eigenvalue weighted by Crippen LogP contribution is -2.48. The van der Waals surface area contributed by atoms with Crippen molar-refractivity contribution < 1.29 is 0 Å². The van der Waals surface area contributed by atoms with Gasteiger partial charge in [0.1, 0.15) is 0 Å². The lowest BCUT2D eigenvalue weighted by Gasteiger charge is -2.33.